The summed E-state index contributed by atoms with van der Waals surface area (Å²) in [5, 5.41) is 3.43. The van der Waals surface area contributed by atoms with Gasteiger partial charge in [0.1, 0.15) is 5.75 Å². The molecule has 3 heteroatoms. The topological polar surface area (TPSA) is 24.5 Å². The number of piperazine rings is 1. The van der Waals surface area contributed by atoms with E-state index in [4.69, 9.17) is 4.74 Å². The second kappa shape index (κ2) is 6.76. The molecule has 1 unspecified atom stereocenters. The molecule has 0 spiro atoms. The molecular weight excluding hydrogens is 224 g/mol. The number of nitrogens with zero attached hydrogens (tertiary/aromatic N) is 1. The van der Waals surface area contributed by atoms with Crippen LogP contribution in [0.5, 0.6) is 5.75 Å². The minimum Gasteiger partial charge on any atom is -0.494 e. The quantitative estimate of drug-likeness (QED) is 0.861. The number of ether oxygens (including phenoxy) is 1. The van der Waals surface area contributed by atoms with Crippen molar-refractivity contribution in [1.29, 1.82) is 0 Å². The monoisotopic (exact) mass is 248 g/mol. The fourth-order valence-electron chi connectivity index (χ4n) is 2.41. The maximum atomic E-state index is 5.45. The number of hydrogen-bond donors (Lipinski definition) is 1. The summed E-state index contributed by atoms with van der Waals surface area (Å²) in [7, 11) is 0. The molecule has 1 heterocycles. The predicted octanol–water partition coefficient (Wildman–Crippen LogP) is 1.92. The SMILES string of the molecule is CCOc1ccc(CCN2CCNCC2C)cc1. The molecule has 0 bridgehead atoms. The summed E-state index contributed by atoms with van der Waals surface area (Å²) in [6.45, 7) is 9.59. The van der Waals surface area contributed by atoms with Crippen molar-refractivity contribution in [2.45, 2.75) is 26.3 Å². The molecule has 3 nitrogen and oxygen atoms in total. The van der Waals surface area contributed by atoms with Crippen LogP contribution in [0, 0.1) is 0 Å². The Bertz CT molecular complexity index is 350. The normalized spacial score (nSPS) is 20.9. The molecule has 1 fully saturated rings. The van der Waals surface area contributed by atoms with Crippen LogP contribution in [0.4, 0.5) is 0 Å². The highest BCUT2D eigenvalue weighted by atomic mass is 16.5. The van der Waals surface area contributed by atoms with Gasteiger partial charge in [0.2, 0.25) is 0 Å². The minimum absolute atomic E-state index is 0.654. The summed E-state index contributed by atoms with van der Waals surface area (Å²) in [6.07, 6.45) is 1.12. The second-order valence-electron chi connectivity index (χ2n) is 4.92. The van der Waals surface area contributed by atoms with Crippen molar-refractivity contribution in [2.75, 3.05) is 32.8 Å². The van der Waals surface area contributed by atoms with E-state index in [9.17, 15) is 0 Å². The Morgan fingerprint density at radius 3 is 2.78 bits per heavy atom. The van der Waals surface area contributed by atoms with Gasteiger partial charge in [0.25, 0.3) is 0 Å². The standard InChI is InChI=1S/C15H24N2O/c1-3-18-15-6-4-14(5-7-15)8-10-17-11-9-16-12-13(17)2/h4-7,13,16H,3,8-12H2,1-2H3. The summed E-state index contributed by atoms with van der Waals surface area (Å²) in [4.78, 5) is 2.56. The van der Waals surface area contributed by atoms with Crippen molar-refractivity contribution in [3.05, 3.63) is 29.8 Å². The maximum Gasteiger partial charge on any atom is 0.119 e. The van der Waals surface area contributed by atoms with E-state index in [2.05, 4.69) is 41.4 Å². The molecule has 1 saturated heterocycles. The first-order valence-corrected chi connectivity index (χ1v) is 6.96. The molecule has 1 aliphatic rings. The highest BCUT2D eigenvalue weighted by Crippen LogP contribution is 2.13. The summed E-state index contributed by atoms with van der Waals surface area (Å²) in [5.41, 5.74) is 1.39. The van der Waals surface area contributed by atoms with Gasteiger partial charge in [-0.15, -0.1) is 0 Å². The molecule has 0 radical (unpaired) electrons. The fourth-order valence-corrected chi connectivity index (χ4v) is 2.41. The van der Waals surface area contributed by atoms with E-state index in [1.54, 1.807) is 0 Å². The molecule has 1 atom stereocenters. The first-order valence-electron chi connectivity index (χ1n) is 6.96. The zero-order valence-electron chi connectivity index (χ0n) is 11.5. The lowest BCUT2D eigenvalue weighted by Gasteiger charge is -2.33. The molecule has 100 valence electrons. The van der Waals surface area contributed by atoms with Crippen molar-refractivity contribution in [3.63, 3.8) is 0 Å². The molecule has 1 aromatic rings. The molecule has 0 amide bonds. The Labute approximate surface area is 110 Å². The lowest BCUT2D eigenvalue weighted by Crippen LogP contribution is -2.50. The zero-order valence-corrected chi connectivity index (χ0v) is 11.5. The number of hydrogen-bond acceptors (Lipinski definition) is 3. The van der Waals surface area contributed by atoms with Crippen molar-refractivity contribution >= 4 is 0 Å². The first kappa shape index (κ1) is 13.4. The Hall–Kier alpha value is -1.06. The first-order chi connectivity index (χ1) is 8.79. The molecular formula is C15H24N2O. The summed E-state index contributed by atoms with van der Waals surface area (Å²) >= 11 is 0. The van der Waals surface area contributed by atoms with Gasteiger partial charge in [-0.3, -0.25) is 4.90 Å². The second-order valence-corrected chi connectivity index (χ2v) is 4.92. The molecule has 2 rings (SSSR count). The van der Waals surface area contributed by atoms with Crippen LogP contribution in [0.15, 0.2) is 24.3 Å². The van der Waals surface area contributed by atoms with Gasteiger partial charge in [0.15, 0.2) is 0 Å². The van der Waals surface area contributed by atoms with Crippen molar-refractivity contribution in [1.82, 2.24) is 10.2 Å². The molecule has 1 aromatic carbocycles. The maximum absolute atomic E-state index is 5.45. The average Bonchev–Trinajstić information content (AvgIpc) is 2.40. The lowest BCUT2D eigenvalue weighted by atomic mass is 10.1. The van der Waals surface area contributed by atoms with E-state index in [1.165, 1.54) is 5.56 Å². The van der Waals surface area contributed by atoms with Gasteiger partial charge >= 0.3 is 0 Å². The van der Waals surface area contributed by atoms with Gasteiger partial charge in [0.05, 0.1) is 6.61 Å². The van der Waals surface area contributed by atoms with Crippen LogP contribution in [-0.4, -0.2) is 43.7 Å². The Morgan fingerprint density at radius 1 is 1.33 bits per heavy atom. The van der Waals surface area contributed by atoms with Gasteiger partial charge in [-0.25, -0.2) is 0 Å². The molecule has 0 aliphatic carbocycles. The van der Waals surface area contributed by atoms with Gasteiger partial charge in [-0.05, 0) is 38.0 Å². The van der Waals surface area contributed by atoms with Gasteiger partial charge in [-0.1, -0.05) is 12.1 Å². The lowest BCUT2D eigenvalue weighted by molar-refractivity contribution is 0.176. The number of benzene rings is 1. The van der Waals surface area contributed by atoms with E-state index < -0.39 is 0 Å². The van der Waals surface area contributed by atoms with Gasteiger partial charge in [-0.2, -0.15) is 0 Å². The average molecular weight is 248 g/mol. The van der Waals surface area contributed by atoms with Crippen LogP contribution < -0.4 is 10.1 Å². The van der Waals surface area contributed by atoms with Crippen LogP contribution in [-0.2, 0) is 6.42 Å². The fraction of sp³-hybridized carbons (Fsp3) is 0.600. The Kier molecular flexibility index (Phi) is 5.02. The number of rotatable bonds is 5. The third kappa shape index (κ3) is 3.72. The third-order valence-electron chi connectivity index (χ3n) is 3.56. The minimum atomic E-state index is 0.654. The smallest absolute Gasteiger partial charge is 0.119 e. The van der Waals surface area contributed by atoms with Crippen molar-refractivity contribution in [2.24, 2.45) is 0 Å². The van der Waals surface area contributed by atoms with Gasteiger partial charge in [0, 0.05) is 32.2 Å². The van der Waals surface area contributed by atoms with Crippen LogP contribution >= 0.6 is 0 Å². The van der Waals surface area contributed by atoms with Crippen LogP contribution in [0.3, 0.4) is 0 Å². The molecule has 1 N–H and O–H groups in total. The molecule has 1 aliphatic heterocycles. The largest absolute Gasteiger partial charge is 0.494 e. The predicted molar refractivity (Wildman–Crippen MR) is 75.2 cm³/mol. The third-order valence-corrected chi connectivity index (χ3v) is 3.56. The zero-order chi connectivity index (χ0) is 12.8. The highest BCUT2D eigenvalue weighted by molar-refractivity contribution is 5.27. The van der Waals surface area contributed by atoms with E-state index >= 15 is 0 Å². The van der Waals surface area contributed by atoms with Crippen LogP contribution in [0.1, 0.15) is 19.4 Å². The molecule has 18 heavy (non-hydrogen) atoms. The van der Waals surface area contributed by atoms with Crippen molar-refractivity contribution < 1.29 is 4.74 Å². The van der Waals surface area contributed by atoms with Crippen LogP contribution in [0.2, 0.25) is 0 Å². The van der Waals surface area contributed by atoms with E-state index in [-0.39, 0.29) is 0 Å². The molecule has 0 aromatic heterocycles. The number of nitrogens with one attached hydrogen (secondary N) is 1. The van der Waals surface area contributed by atoms with Crippen molar-refractivity contribution in [3.8, 4) is 5.75 Å². The van der Waals surface area contributed by atoms with E-state index in [0.29, 0.717) is 6.04 Å². The Morgan fingerprint density at radius 2 is 2.11 bits per heavy atom. The molecule has 0 saturated carbocycles. The van der Waals surface area contributed by atoms with E-state index in [1.807, 2.05) is 6.92 Å². The Balaban J connectivity index is 1.82. The summed E-state index contributed by atoms with van der Waals surface area (Å²) < 4.78 is 5.45. The van der Waals surface area contributed by atoms with E-state index in [0.717, 1.165) is 45.0 Å². The highest BCUT2D eigenvalue weighted by Gasteiger charge is 2.16. The summed E-state index contributed by atoms with van der Waals surface area (Å²) in [6, 6.07) is 9.15. The summed E-state index contributed by atoms with van der Waals surface area (Å²) in [5.74, 6) is 0.969. The van der Waals surface area contributed by atoms with Crippen LogP contribution in [0.25, 0.3) is 0 Å². The van der Waals surface area contributed by atoms with Gasteiger partial charge < -0.3 is 10.1 Å².